The van der Waals surface area contributed by atoms with Crippen LogP contribution in [0.15, 0.2) is 91.0 Å². The lowest BCUT2D eigenvalue weighted by molar-refractivity contribution is 0.0755. The number of benzene rings is 4. The number of hydrogen-bond acceptors (Lipinski definition) is 5. The quantitative estimate of drug-likeness (QED) is 0.121. The van der Waals surface area contributed by atoms with Crippen LogP contribution in [0.25, 0.3) is 11.1 Å². The third kappa shape index (κ3) is 10.9. The minimum atomic E-state index is -1.13. The number of ether oxygens (including phenoxy) is 1. The van der Waals surface area contributed by atoms with E-state index in [9.17, 15) is 23.5 Å². The Balaban J connectivity index is 0.00000625. The average Bonchev–Trinajstić information content (AvgIpc) is 3.07. The smallest absolute Gasteiger partial charge is 0.253 e. The van der Waals surface area contributed by atoms with E-state index in [0.29, 0.717) is 36.5 Å². The van der Waals surface area contributed by atoms with Gasteiger partial charge in [0.15, 0.2) is 0 Å². The Morgan fingerprint density at radius 1 is 0.812 bits per heavy atom. The summed E-state index contributed by atoms with van der Waals surface area (Å²) in [5, 5.41) is 17.4. The molecule has 4 aromatic rings. The number of methoxy groups -OCH3 is 1. The van der Waals surface area contributed by atoms with Gasteiger partial charge >= 0.3 is 0 Å². The van der Waals surface area contributed by atoms with Gasteiger partial charge in [-0.15, -0.1) is 12.4 Å². The second-order valence-electron chi connectivity index (χ2n) is 11.6. The van der Waals surface area contributed by atoms with E-state index < -0.39 is 29.7 Å². The van der Waals surface area contributed by atoms with Crippen LogP contribution in [0.2, 0.25) is 0 Å². The van der Waals surface area contributed by atoms with Gasteiger partial charge in [-0.2, -0.15) is 0 Å². The van der Waals surface area contributed by atoms with Crippen LogP contribution in [-0.2, 0) is 13.0 Å². The van der Waals surface area contributed by atoms with Crippen molar-refractivity contribution in [1.82, 2.24) is 15.5 Å². The van der Waals surface area contributed by atoms with Gasteiger partial charge in [-0.25, -0.2) is 8.78 Å². The molecular weight excluding hydrogens is 636 g/mol. The Morgan fingerprint density at radius 3 is 2.12 bits per heavy atom. The SMILES string of the molecule is CCCN(CCC)C(=O)c1cc(C(=O)N[C@@H](Cc2cc(F)cc(F)c2)[C@H](O)CNCc2cccc(OC)c2)cc(-c2ccccc2)c1.Cl. The minimum absolute atomic E-state index is 0. The Kier molecular flexibility index (Phi) is 15.0. The number of rotatable bonds is 16. The number of halogens is 3. The van der Waals surface area contributed by atoms with Crippen LogP contribution in [0, 0.1) is 11.6 Å². The zero-order chi connectivity index (χ0) is 33.8. The molecule has 2 amide bonds. The van der Waals surface area contributed by atoms with Crippen molar-refractivity contribution >= 4 is 24.2 Å². The molecule has 256 valence electrons. The number of nitrogens with one attached hydrogen (secondary N) is 2. The van der Waals surface area contributed by atoms with E-state index >= 15 is 0 Å². The van der Waals surface area contributed by atoms with Crippen LogP contribution in [0.1, 0.15) is 58.5 Å². The molecule has 0 aromatic heterocycles. The van der Waals surface area contributed by atoms with E-state index in [1.165, 1.54) is 12.1 Å². The van der Waals surface area contributed by atoms with E-state index in [4.69, 9.17) is 4.74 Å². The molecule has 0 heterocycles. The molecule has 0 radical (unpaired) electrons. The molecule has 4 rings (SSSR count). The molecule has 0 saturated carbocycles. The van der Waals surface area contributed by atoms with Crippen molar-refractivity contribution in [2.75, 3.05) is 26.7 Å². The van der Waals surface area contributed by atoms with Crippen molar-refractivity contribution in [3.8, 4) is 16.9 Å². The summed E-state index contributed by atoms with van der Waals surface area (Å²) in [5.41, 5.74) is 3.35. The summed E-state index contributed by atoms with van der Waals surface area (Å²) in [5.74, 6) is -1.50. The van der Waals surface area contributed by atoms with E-state index in [-0.39, 0.29) is 42.4 Å². The molecule has 48 heavy (non-hydrogen) atoms. The van der Waals surface area contributed by atoms with Gasteiger partial charge in [-0.1, -0.05) is 56.3 Å². The number of nitrogens with zero attached hydrogens (tertiary/aromatic N) is 1. The Morgan fingerprint density at radius 2 is 1.48 bits per heavy atom. The molecule has 0 aliphatic heterocycles. The summed E-state index contributed by atoms with van der Waals surface area (Å²) in [6.45, 7) is 5.69. The Hall–Kier alpha value is -4.31. The summed E-state index contributed by atoms with van der Waals surface area (Å²) in [6, 6.07) is 24.2. The van der Waals surface area contributed by atoms with Gasteiger partial charge < -0.3 is 25.4 Å². The Labute approximate surface area is 287 Å². The fraction of sp³-hybridized carbons (Fsp3) is 0.316. The van der Waals surface area contributed by atoms with Crippen molar-refractivity contribution in [2.45, 2.75) is 51.8 Å². The van der Waals surface area contributed by atoms with E-state index in [0.717, 1.165) is 30.0 Å². The molecule has 0 unspecified atom stereocenters. The molecular formula is C38H44ClF2N3O4. The van der Waals surface area contributed by atoms with E-state index in [1.807, 2.05) is 68.4 Å². The summed E-state index contributed by atoms with van der Waals surface area (Å²) in [4.78, 5) is 29.3. The molecule has 0 spiro atoms. The molecule has 0 saturated heterocycles. The first kappa shape index (κ1) is 38.1. The van der Waals surface area contributed by atoms with Crippen molar-refractivity contribution in [1.29, 1.82) is 0 Å². The summed E-state index contributed by atoms with van der Waals surface area (Å²) >= 11 is 0. The number of carbonyl (C=O) groups is 2. The van der Waals surface area contributed by atoms with Gasteiger partial charge in [-0.3, -0.25) is 9.59 Å². The van der Waals surface area contributed by atoms with Gasteiger partial charge in [0, 0.05) is 43.4 Å². The third-order valence-electron chi connectivity index (χ3n) is 7.80. The predicted molar refractivity (Wildman–Crippen MR) is 188 cm³/mol. The topological polar surface area (TPSA) is 90.9 Å². The minimum Gasteiger partial charge on any atom is -0.497 e. The summed E-state index contributed by atoms with van der Waals surface area (Å²) in [7, 11) is 1.58. The van der Waals surface area contributed by atoms with Crippen molar-refractivity contribution in [2.24, 2.45) is 0 Å². The first-order chi connectivity index (χ1) is 22.7. The standard InChI is InChI=1S/C38H43F2N3O4.ClH/c1-4-14-43(15-5-2)38(46)31-21-29(28-11-7-6-8-12-28)20-30(22-31)37(45)42-35(19-27-16-32(39)23-33(40)17-27)36(44)25-41-24-26-10-9-13-34(18-26)47-3;/h6-13,16-18,20-23,35-36,41,44H,4-5,14-15,19,24-25H2,1-3H3,(H,42,45);1H/t35-,36+;/m0./s1. The van der Waals surface area contributed by atoms with Crippen molar-refractivity contribution < 1.29 is 28.2 Å². The van der Waals surface area contributed by atoms with E-state index in [1.54, 1.807) is 30.2 Å². The molecule has 7 nitrogen and oxygen atoms in total. The second kappa shape index (κ2) is 18.9. The van der Waals surface area contributed by atoms with Crippen LogP contribution in [0.3, 0.4) is 0 Å². The maximum atomic E-state index is 14.1. The van der Waals surface area contributed by atoms with Crippen LogP contribution in [-0.4, -0.2) is 60.7 Å². The highest BCUT2D eigenvalue weighted by Gasteiger charge is 2.25. The van der Waals surface area contributed by atoms with Gasteiger partial charge in [0.05, 0.1) is 19.3 Å². The fourth-order valence-electron chi connectivity index (χ4n) is 5.52. The number of aliphatic hydroxyl groups is 1. The summed E-state index contributed by atoms with van der Waals surface area (Å²) in [6.07, 6.45) is 0.430. The molecule has 2 atom stereocenters. The lowest BCUT2D eigenvalue weighted by Gasteiger charge is -2.26. The van der Waals surface area contributed by atoms with Crippen LogP contribution >= 0.6 is 12.4 Å². The van der Waals surface area contributed by atoms with Crippen LogP contribution < -0.4 is 15.4 Å². The van der Waals surface area contributed by atoms with Gasteiger partial charge in [0.1, 0.15) is 17.4 Å². The predicted octanol–water partition coefficient (Wildman–Crippen LogP) is 6.82. The molecule has 0 aliphatic rings. The molecule has 4 aromatic carbocycles. The molecule has 0 aliphatic carbocycles. The molecule has 0 bridgehead atoms. The van der Waals surface area contributed by atoms with Crippen LogP contribution in [0.4, 0.5) is 8.78 Å². The van der Waals surface area contributed by atoms with Crippen LogP contribution in [0.5, 0.6) is 5.75 Å². The molecule has 3 N–H and O–H groups in total. The van der Waals surface area contributed by atoms with E-state index in [2.05, 4.69) is 10.6 Å². The zero-order valence-electron chi connectivity index (χ0n) is 27.5. The number of amides is 2. The highest BCUT2D eigenvalue weighted by molar-refractivity contribution is 6.01. The fourth-order valence-corrected chi connectivity index (χ4v) is 5.52. The van der Waals surface area contributed by atoms with Crippen molar-refractivity contribution in [3.63, 3.8) is 0 Å². The van der Waals surface area contributed by atoms with Gasteiger partial charge in [0.25, 0.3) is 11.8 Å². The van der Waals surface area contributed by atoms with Crippen molar-refractivity contribution in [3.05, 3.63) is 125 Å². The molecule has 0 fully saturated rings. The normalized spacial score (nSPS) is 12.0. The monoisotopic (exact) mass is 679 g/mol. The Bertz CT molecular complexity index is 1610. The highest BCUT2D eigenvalue weighted by atomic mass is 35.5. The third-order valence-corrected chi connectivity index (χ3v) is 7.80. The maximum absolute atomic E-state index is 14.1. The largest absolute Gasteiger partial charge is 0.497 e. The first-order valence-electron chi connectivity index (χ1n) is 16.0. The second-order valence-corrected chi connectivity index (χ2v) is 11.6. The van der Waals surface area contributed by atoms with Gasteiger partial charge in [-0.05, 0) is 84.0 Å². The first-order valence-corrected chi connectivity index (χ1v) is 16.0. The lowest BCUT2D eigenvalue weighted by Crippen LogP contribution is -2.48. The number of aliphatic hydroxyl groups excluding tert-OH is 1. The number of hydrogen-bond donors (Lipinski definition) is 3. The lowest BCUT2D eigenvalue weighted by atomic mass is 9.97. The summed E-state index contributed by atoms with van der Waals surface area (Å²) < 4.78 is 33.5. The maximum Gasteiger partial charge on any atom is 0.253 e. The highest BCUT2D eigenvalue weighted by Crippen LogP contribution is 2.24. The van der Waals surface area contributed by atoms with Gasteiger partial charge in [0.2, 0.25) is 0 Å². The average molecular weight is 680 g/mol. The zero-order valence-corrected chi connectivity index (χ0v) is 28.4. The molecule has 10 heteroatoms. The number of carbonyl (C=O) groups excluding carboxylic acids is 2.